The number of benzene rings is 4. The van der Waals surface area contributed by atoms with Crippen LogP contribution in [0.4, 0.5) is 0 Å². The van der Waals surface area contributed by atoms with Gasteiger partial charge in [-0.05, 0) is 49.9 Å². The van der Waals surface area contributed by atoms with Crippen LogP contribution in [0.3, 0.4) is 0 Å². The molecule has 0 saturated carbocycles. The van der Waals surface area contributed by atoms with Crippen LogP contribution >= 0.6 is 7.60 Å². The van der Waals surface area contributed by atoms with Crippen LogP contribution in [-0.2, 0) is 4.57 Å². The first-order valence-corrected chi connectivity index (χ1v) is 9.25. The van der Waals surface area contributed by atoms with Gasteiger partial charge in [-0.15, -0.1) is 0 Å². The van der Waals surface area contributed by atoms with Crippen LogP contribution in [0.5, 0.6) is 0 Å². The lowest BCUT2D eigenvalue weighted by Crippen LogP contribution is -2.13. The molecule has 4 rings (SSSR count). The molecule has 0 heterocycles. The third kappa shape index (κ3) is 2.08. The largest absolute Gasteiger partial charge is 0.356 e. The van der Waals surface area contributed by atoms with E-state index < -0.39 is 7.60 Å². The van der Waals surface area contributed by atoms with Gasteiger partial charge < -0.3 is 9.79 Å². The molecular weight excluding hydrogens is 307 g/mol. The normalized spacial score (nSPS) is 12.9. The molecule has 0 amide bonds. The summed E-state index contributed by atoms with van der Waals surface area (Å²) in [5.41, 5.74) is 0.754. The third-order valence-corrected chi connectivity index (χ3v) is 5.56. The van der Waals surface area contributed by atoms with E-state index in [1.165, 1.54) is 5.39 Å². The SMILES string of the molecule is CC(C)c1c(P(=O)(O)O)cc2ccc3cccc4ccc1c2c34. The topological polar surface area (TPSA) is 57.5 Å². The van der Waals surface area contributed by atoms with Crippen LogP contribution in [0.25, 0.3) is 32.3 Å². The molecule has 0 aliphatic heterocycles. The highest BCUT2D eigenvalue weighted by Crippen LogP contribution is 2.43. The first-order valence-electron chi connectivity index (χ1n) is 7.64. The number of hydrogen-bond donors (Lipinski definition) is 2. The third-order valence-electron chi connectivity index (χ3n) is 4.56. The van der Waals surface area contributed by atoms with Gasteiger partial charge in [0, 0.05) is 0 Å². The zero-order valence-electron chi connectivity index (χ0n) is 12.9. The summed E-state index contributed by atoms with van der Waals surface area (Å²) in [5.74, 6) is 0.0298. The summed E-state index contributed by atoms with van der Waals surface area (Å²) < 4.78 is 12.0. The molecule has 0 atom stereocenters. The zero-order chi connectivity index (χ0) is 16.4. The quantitative estimate of drug-likeness (QED) is 0.421. The fourth-order valence-corrected chi connectivity index (χ4v) is 4.66. The molecule has 0 fully saturated rings. The van der Waals surface area contributed by atoms with Gasteiger partial charge in [-0.3, -0.25) is 4.57 Å². The van der Waals surface area contributed by atoms with E-state index in [4.69, 9.17) is 0 Å². The molecule has 0 aliphatic carbocycles. The van der Waals surface area contributed by atoms with Crippen molar-refractivity contribution in [3.63, 3.8) is 0 Å². The first kappa shape index (κ1) is 14.6. The molecule has 116 valence electrons. The highest BCUT2D eigenvalue weighted by atomic mass is 31.2. The minimum atomic E-state index is -4.33. The van der Waals surface area contributed by atoms with Gasteiger partial charge in [-0.25, -0.2) is 0 Å². The molecule has 4 aromatic carbocycles. The van der Waals surface area contributed by atoms with E-state index in [9.17, 15) is 14.4 Å². The van der Waals surface area contributed by atoms with Gasteiger partial charge in [0.05, 0.1) is 5.30 Å². The average molecular weight is 324 g/mol. The Bertz CT molecular complexity index is 1080. The van der Waals surface area contributed by atoms with Gasteiger partial charge in [0.25, 0.3) is 0 Å². The molecule has 0 radical (unpaired) electrons. The van der Waals surface area contributed by atoms with Gasteiger partial charge in [-0.2, -0.15) is 0 Å². The van der Waals surface area contributed by atoms with Crippen molar-refractivity contribution in [2.45, 2.75) is 19.8 Å². The fourth-order valence-electron chi connectivity index (χ4n) is 3.66. The first-order chi connectivity index (χ1) is 10.9. The molecular formula is C19H17O3P. The van der Waals surface area contributed by atoms with E-state index in [2.05, 4.69) is 12.1 Å². The predicted molar refractivity (Wildman–Crippen MR) is 95.9 cm³/mol. The Hall–Kier alpha value is -1.93. The molecule has 4 heteroatoms. The lowest BCUT2D eigenvalue weighted by Gasteiger charge is -2.20. The molecule has 0 aliphatic rings. The number of rotatable bonds is 2. The Kier molecular flexibility index (Phi) is 3.05. The van der Waals surface area contributed by atoms with Crippen molar-refractivity contribution in [2.24, 2.45) is 0 Å². The van der Waals surface area contributed by atoms with Crippen molar-refractivity contribution >= 4 is 45.2 Å². The molecule has 0 aromatic heterocycles. The van der Waals surface area contributed by atoms with E-state index >= 15 is 0 Å². The highest BCUT2D eigenvalue weighted by Gasteiger charge is 2.26. The summed E-state index contributed by atoms with van der Waals surface area (Å²) in [6, 6.07) is 15.9. The standard InChI is InChI=1S/C19H17O3P/c1-11(2)17-15-9-8-13-5-3-4-12-6-7-14(19(15)18(12)13)10-16(17)23(20,21)22/h3-11H,1-2H3,(H2,20,21,22). The Morgan fingerprint density at radius 3 is 2.09 bits per heavy atom. The van der Waals surface area contributed by atoms with Crippen molar-refractivity contribution in [3.8, 4) is 0 Å². The van der Waals surface area contributed by atoms with Crippen molar-refractivity contribution in [1.29, 1.82) is 0 Å². The lowest BCUT2D eigenvalue weighted by atomic mass is 9.89. The minimum Gasteiger partial charge on any atom is -0.321 e. The summed E-state index contributed by atoms with van der Waals surface area (Å²) in [6.45, 7) is 3.95. The molecule has 2 N–H and O–H groups in total. The van der Waals surface area contributed by atoms with E-state index in [1.807, 2.05) is 44.2 Å². The monoisotopic (exact) mass is 324 g/mol. The Labute approximate surface area is 134 Å². The van der Waals surface area contributed by atoms with E-state index in [1.54, 1.807) is 6.07 Å². The van der Waals surface area contributed by atoms with E-state index in [-0.39, 0.29) is 11.2 Å². The van der Waals surface area contributed by atoms with Crippen LogP contribution in [-0.4, -0.2) is 9.79 Å². The van der Waals surface area contributed by atoms with Gasteiger partial charge in [0.2, 0.25) is 0 Å². The molecule has 0 spiro atoms. The maximum Gasteiger partial charge on any atom is 0.356 e. The molecule has 23 heavy (non-hydrogen) atoms. The second-order valence-electron chi connectivity index (χ2n) is 6.36. The van der Waals surface area contributed by atoms with E-state index in [0.29, 0.717) is 0 Å². The molecule has 4 aromatic rings. The molecule has 3 nitrogen and oxygen atoms in total. The Balaban J connectivity index is 2.33. The van der Waals surface area contributed by atoms with Gasteiger partial charge in [0.15, 0.2) is 0 Å². The Morgan fingerprint density at radius 2 is 1.48 bits per heavy atom. The smallest absolute Gasteiger partial charge is 0.321 e. The van der Waals surface area contributed by atoms with Crippen LogP contribution < -0.4 is 5.30 Å². The summed E-state index contributed by atoms with van der Waals surface area (Å²) >= 11 is 0. The molecule has 0 saturated heterocycles. The summed E-state index contributed by atoms with van der Waals surface area (Å²) in [4.78, 5) is 19.6. The van der Waals surface area contributed by atoms with Crippen molar-refractivity contribution in [3.05, 3.63) is 54.1 Å². The Morgan fingerprint density at radius 1 is 0.870 bits per heavy atom. The second-order valence-corrected chi connectivity index (χ2v) is 7.93. The maximum absolute atomic E-state index is 12.0. The van der Waals surface area contributed by atoms with Crippen LogP contribution in [0, 0.1) is 0 Å². The fraction of sp³-hybridized carbons (Fsp3) is 0.158. The second kappa shape index (κ2) is 4.78. The van der Waals surface area contributed by atoms with Crippen molar-refractivity contribution < 1.29 is 14.4 Å². The number of hydrogen-bond acceptors (Lipinski definition) is 1. The summed E-state index contributed by atoms with van der Waals surface area (Å²) in [6.07, 6.45) is 0. The molecule has 0 bridgehead atoms. The van der Waals surface area contributed by atoms with Gasteiger partial charge in [0.1, 0.15) is 0 Å². The predicted octanol–water partition coefficient (Wildman–Crippen LogP) is 4.51. The van der Waals surface area contributed by atoms with Crippen molar-refractivity contribution in [1.82, 2.24) is 0 Å². The average Bonchev–Trinajstić information content (AvgIpc) is 2.50. The van der Waals surface area contributed by atoms with Crippen molar-refractivity contribution in [2.75, 3.05) is 0 Å². The van der Waals surface area contributed by atoms with Crippen LogP contribution in [0.1, 0.15) is 25.3 Å². The highest BCUT2D eigenvalue weighted by molar-refractivity contribution is 7.60. The van der Waals surface area contributed by atoms with E-state index in [0.717, 1.165) is 32.5 Å². The van der Waals surface area contributed by atoms with Crippen LogP contribution in [0.2, 0.25) is 0 Å². The van der Waals surface area contributed by atoms with Crippen LogP contribution in [0.15, 0.2) is 48.5 Å². The minimum absolute atomic E-state index is 0.0298. The maximum atomic E-state index is 12.0. The van der Waals surface area contributed by atoms with Gasteiger partial charge in [-0.1, -0.05) is 56.3 Å². The lowest BCUT2D eigenvalue weighted by molar-refractivity contribution is 0.387. The summed E-state index contributed by atoms with van der Waals surface area (Å²) in [5, 5.41) is 6.55. The summed E-state index contributed by atoms with van der Waals surface area (Å²) in [7, 11) is -4.33. The zero-order valence-corrected chi connectivity index (χ0v) is 13.8. The van der Waals surface area contributed by atoms with Gasteiger partial charge >= 0.3 is 7.60 Å². The molecule has 0 unspecified atom stereocenters.